The predicted octanol–water partition coefficient (Wildman–Crippen LogP) is 5.83. The molecule has 1 N–H and O–H groups in total. The maximum Gasteiger partial charge on any atom is 0.310 e. The van der Waals surface area contributed by atoms with Gasteiger partial charge in [0.25, 0.3) is 0 Å². The maximum atomic E-state index is 14.6. The van der Waals surface area contributed by atoms with E-state index in [-0.39, 0.29) is 63.9 Å². The summed E-state index contributed by atoms with van der Waals surface area (Å²) < 4.78 is 12.3. The van der Waals surface area contributed by atoms with Crippen LogP contribution in [0.1, 0.15) is 93.9 Å². The molecule has 0 bridgehead atoms. The molecule has 1 aliphatic heterocycles. The second-order valence-electron chi connectivity index (χ2n) is 15.3. The Kier molecular flexibility index (Phi) is 5.40. The Bertz CT molecular complexity index is 1140. The molecule has 0 amide bonds. The highest BCUT2D eigenvalue weighted by molar-refractivity contribution is 5.96. The summed E-state index contributed by atoms with van der Waals surface area (Å²) in [6.45, 7) is 17.2. The van der Waals surface area contributed by atoms with E-state index in [1.54, 1.807) is 0 Å². The van der Waals surface area contributed by atoms with Crippen LogP contribution in [-0.4, -0.2) is 41.1 Å². The number of carbonyl (C=O) groups is 3. The van der Waals surface area contributed by atoms with Gasteiger partial charge in [-0.25, -0.2) is 0 Å². The lowest BCUT2D eigenvalue weighted by Crippen LogP contribution is -2.70. The monoisotopic (exact) mass is 526 g/mol. The van der Waals surface area contributed by atoms with Crippen molar-refractivity contribution in [2.75, 3.05) is 0 Å². The Morgan fingerprint density at radius 2 is 1.71 bits per heavy atom. The fourth-order valence-corrected chi connectivity index (χ4v) is 11.4. The summed E-state index contributed by atoms with van der Waals surface area (Å²) in [6.07, 6.45) is 6.19. The van der Waals surface area contributed by atoms with Crippen LogP contribution in [0.15, 0.2) is 11.6 Å². The molecular formula is C32H46O6. The van der Waals surface area contributed by atoms with Gasteiger partial charge in [0, 0.05) is 18.3 Å². The highest BCUT2D eigenvalue weighted by atomic mass is 16.6. The van der Waals surface area contributed by atoms with Gasteiger partial charge in [0.2, 0.25) is 0 Å². The number of carboxylic acids is 1. The smallest absolute Gasteiger partial charge is 0.310 e. The molecule has 1 heterocycles. The molecule has 6 heteroatoms. The van der Waals surface area contributed by atoms with Crippen LogP contribution in [0, 0.1) is 56.7 Å². The fourth-order valence-electron chi connectivity index (χ4n) is 11.4. The predicted molar refractivity (Wildman–Crippen MR) is 142 cm³/mol. The van der Waals surface area contributed by atoms with Crippen LogP contribution in [-0.2, 0) is 23.9 Å². The van der Waals surface area contributed by atoms with Gasteiger partial charge >= 0.3 is 11.9 Å². The van der Waals surface area contributed by atoms with Gasteiger partial charge in [-0.3, -0.25) is 14.4 Å². The van der Waals surface area contributed by atoms with Crippen LogP contribution in [0.3, 0.4) is 0 Å². The summed E-state index contributed by atoms with van der Waals surface area (Å²) in [7, 11) is 0. The zero-order valence-electron chi connectivity index (χ0n) is 24.4. The Hall–Kier alpha value is -1.69. The third kappa shape index (κ3) is 2.91. The van der Waals surface area contributed by atoms with Crippen molar-refractivity contribution >= 4 is 17.7 Å². The zero-order valence-corrected chi connectivity index (χ0v) is 24.4. The quantitative estimate of drug-likeness (QED) is 0.360. The van der Waals surface area contributed by atoms with E-state index in [4.69, 9.17) is 9.47 Å². The molecule has 0 spiro atoms. The Morgan fingerprint density at radius 1 is 1.03 bits per heavy atom. The van der Waals surface area contributed by atoms with Crippen LogP contribution in [0.25, 0.3) is 0 Å². The normalized spacial score (nSPS) is 54.2. The molecule has 0 aromatic rings. The maximum absolute atomic E-state index is 14.6. The molecule has 6 nitrogen and oxygen atoms in total. The van der Waals surface area contributed by atoms with Crippen molar-refractivity contribution in [3.63, 3.8) is 0 Å². The SMILES string of the molecule is CC(=O)O[C@H]1C2OC2C(C)(C)C2CC[C@]3(C)C(C(=O)C=C4C5[C@@H](C)[C@H](C)CC[C@]5(C(=O)O)CC[C@]43C)[C@]21C. The van der Waals surface area contributed by atoms with Crippen molar-refractivity contribution in [3.8, 4) is 0 Å². The summed E-state index contributed by atoms with van der Waals surface area (Å²) >= 11 is 0. The molecule has 1 saturated heterocycles. The van der Waals surface area contributed by atoms with E-state index in [9.17, 15) is 19.5 Å². The van der Waals surface area contributed by atoms with Gasteiger partial charge in [-0.1, -0.05) is 54.0 Å². The van der Waals surface area contributed by atoms with Gasteiger partial charge in [-0.05, 0) is 84.5 Å². The third-order valence-corrected chi connectivity index (χ3v) is 13.7. The first kappa shape index (κ1) is 26.5. The van der Waals surface area contributed by atoms with Crippen molar-refractivity contribution < 1.29 is 29.0 Å². The number of epoxide rings is 1. The lowest BCUT2D eigenvalue weighted by molar-refractivity contribution is -0.219. The number of carboxylic acid groups (broad SMARTS) is 1. The second kappa shape index (κ2) is 7.73. The first-order chi connectivity index (χ1) is 17.6. The van der Waals surface area contributed by atoms with Crippen molar-refractivity contribution in [2.45, 2.75) is 112 Å². The zero-order chi connectivity index (χ0) is 27.8. The van der Waals surface area contributed by atoms with E-state index in [0.29, 0.717) is 18.8 Å². The molecule has 0 aromatic carbocycles. The largest absolute Gasteiger partial charge is 0.481 e. The van der Waals surface area contributed by atoms with E-state index in [1.807, 2.05) is 6.08 Å². The van der Waals surface area contributed by atoms with E-state index < -0.39 is 22.9 Å². The number of allylic oxidation sites excluding steroid dienone is 2. The minimum absolute atomic E-state index is 0.0464. The number of hydrogen-bond donors (Lipinski definition) is 1. The molecule has 5 aliphatic carbocycles. The highest BCUT2D eigenvalue weighted by Crippen LogP contribution is 2.76. The van der Waals surface area contributed by atoms with Crippen molar-refractivity contribution in [2.24, 2.45) is 56.7 Å². The molecule has 5 fully saturated rings. The number of ether oxygens (including phenoxy) is 2. The average molecular weight is 527 g/mol. The molecular weight excluding hydrogens is 480 g/mol. The Morgan fingerprint density at radius 3 is 2.34 bits per heavy atom. The van der Waals surface area contributed by atoms with Crippen molar-refractivity contribution in [1.29, 1.82) is 0 Å². The van der Waals surface area contributed by atoms with Crippen LogP contribution in [0.2, 0.25) is 0 Å². The number of ketones is 1. The summed E-state index contributed by atoms with van der Waals surface area (Å²) in [6, 6.07) is 0. The Labute approximate surface area is 227 Å². The minimum atomic E-state index is -0.788. The average Bonchev–Trinajstić information content (AvgIpc) is 3.62. The van der Waals surface area contributed by atoms with Gasteiger partial charge in [-0.2, -0.15) is 0 Å². The van der Waals surface area contributed by atoms with E-state index in [0.717, 1.165) is 31.3 Å². The minimum Gasteiger partial charge on any atom is -0.481 e. The lowest BCUT2D eigenvalue weighted by Gasteiger charge is -2.70. The molecule has 12 atom stereocenters. The Balaban J connectivity index is 1.53. The lowest BCUT2D eigenvalue weighted by atomic mass is 9.33. The molecule has 0 radical (unpaired) electrons. The topological polar surface area (TPSA) is 93.2 Å². The van der Waals surface area contributed by atoms with Crippen LogP contribution >= 0.6 is 0 Å². The van der Waals surface area contributed by atoms with Gasteiger partial charge in [0.05, 0.1) is 11.5 Å². The van der Waals surface area contributed by atoms with Gasteiger partial charge < -0.3 is 14.6 Å². The summed E-state index contributed by atoms with van der Waals surface area (Å²) in [5, 5.41) is 10.6. The third-order valence-electron chi connectivity index (χ3n) is 13.7. The molecule has 4 saturated carbocycles. The number of rotatable bonds is 2. The van der Waals surface area contributed by atoms with E-state index in [1.165, 1.54) is 6.92 Å². The summed E-state index contributed by atoms with van der Waals surface area (Å²) in [5.74, 6) is -0.557. The number of hydrogen-bond acceptors (Lipinski definition) is 5. The molecule has 5 unspecified atom stereocenters. The van der Waals surface area contributed by atoms with Gasteiger partial charge in [0.15, 0.2) is 5.78 Å². The summed E-state index contributed by atoms with van der Waals surface area (Å²) in [5.41, 5.74) is -1.03. The van der Waals surface area contributed by atoms with E-state index in [2.05, 4.69) is 48.5 Å². The molecule has 210 valence electrons. The second-order valence-corrected chi connectivity index (χ2v) is 15.3. The number of fused-ring (bicyclic) bond motifs is 8. The van der Waals surface area contributed by atoms with Gasteiger partial charge in [0.1, 0.15) is 12.2 Å². The van der Waals surface area contributed by atoms with Crippen LogP contribution in [0.5, 0.6) is 0 Å². The van der Waals surface area contributed by atoms with Crippen molar-refractivity contribution in [3.05, 3.63) is 11.6 Å². The molecule has 6 rings (SSSR count). The molecule has 0 aromatic heterocycles. The standard InChI is InChI=1S/C32H46O6/c1-16-9-12-32(27(35)36)14-13-29(6)19(22(32)17(16)2)15-20(34)24-30(29,7)11-10-21-28(4,5)25-23(38-25)26(31(21,24)8)37-18(3)33/h15-17,21-26H,9-14H2,1-8H3,(H,35,36)/t16-,17+,21?,22?,23?,24?,25?,26+,29-,30-,31+,32+/m1/s1. The molecule has 38 heavy (non-hydrogen) atoms. The fraction of sp³-hybridized carbons (Fsp3) is 0.844. The summed E-state index contributed by atoms with van der Waals surface area (Å²) in [4.78, 5) is 39.9. The van der Waals surface area contributed by atoms with E-state index >= 15 is 0 Å². The first-order valence-corrected chi connectivity index (χ1v) is 14.9. The number of carbonyl (C=O) groups excluding carboxylic acids is 2. The van der Waals surface area contributed by atoms with Crippen LogP contribution in [0.4, 0.5) is 0 Å². The first-order valence-electron chi connectivity index (χ1n) is 14.9. The number of esters is 1. The molecule has 6 aliphatic rings. The highest BCUT2D eigenvalue weighted by Gasteiger charge is 2.78. The van der Waals surface area contributed by atoms with Crippen LogP contribution < -0.4 is 0 Å². The van der Waals surface area contributed by atoms with Crippen molar-refractivity contribution in [1.82, 2.24) is 0 Å². The van der Waals surface area contributed by atoms with Gasteiger partial charge in [-0.15, -0.1) is 0 Å². The number of aliphatic carboxylic acids is 1.